The van der Waals surface area contributed by atoms with Crippen molar-refractivity contribution in [2.24, 2.45) is 11.7 Å². The first kappa shape index (κ1) is 16.4. The number of anilines is 1. The number of thiocarbonyl (C=S) groups is 1. The molecule has 0 heterocycles. The summed E-state index contributed by atoms with van der Waals surface area (Å²) in [5.74, 6) is 0.396. The average molecular weight is 293 g/mol. The Morgan fingerprint density at radius 1 is 1.35 bits per heavy atom. The Kier molecular flexibility index (Phi) is 5.95. The summed E-state index contributed by atoms with van der Waals surface area (Å²) < 4.78 is 0. The molecule has 1 aromatic carbocycles. The van der Waals surface area contributed by atoms with E-state index in [4.69, 9.17) is 18.0 Å². The van der Waals surface area contributed by atoms with Gasteiger partial charge in [0.2, 0.25) is 5.91 Å². The molecule has 1 rings (SSSR count). The molecule has 1 amide bonds. The predicted octanol–water partition coefficient (Wildman–Crippen LogP) is 2.20. The van der Waals surface area contributed by atoms with Gasteiger partial charge in [0.25, 0.3) is 0 Å². The van der Waals surface area contributed by atoms with Crippen LogP contribution in [-0.4, -0.2) is 23.5 Å². The van der Waals surface area contributed by atoms with Crippen LogP contribution in [0, 0.1) is 12.8 Å². The zero-order valence-corrected chi connectivity index (χ0v) is 13.3. The van der Waals surface area contributed by atoms with Crippen molar-refractivity contribution in [3.63, 3.8) is 0 Å². The van der Waals surface area contributed by atoms with Crippen LogP contribution in [-0.2, 0) is 4.79 Å². The second kappa shape index (κ2) is 7.24. The summed E-state index contributed by atoms with van der Waals surface area (Å²) in [4.78, 5) is 12.3. The Morgan fingerprint density at radius 3 is 2.55 bits per heavy atom. The number of aryl methyl sites for hydroxylation is 1. The van der Waals surface area contributed by atoms with Gasteiger partial charge >= 0.3 is 0 Å². The largest absolute Gasteiger partial charge is 0.389 e. The van der Waals surface area contributed by atoms with E-state index < -0.39 is 0 Å². The Bertz CT molecular complexity index is 500. The summed E-state index contributed by atoms with van der Waals surface area (Å²) in [5.41, 5.74) is 8.33. The molecule has 0 radical (unpaired) electrons. The summed E-state index contributed by atoms with van der Waals surface area (Å²) in [6.45, 7) is 8.57. The number of benzene rings is 1. The number of hydrogen-bond acceptors (Lipinski definition) is 3. The van der Waals surface area contributed by atoms with Crippen molar-refractivity contribution in [1.29, 1.82) is 0 Å². The fraction of sp³-hybridized carbons (Fsp3) is 0.467. The van der Waals surface area contributed by atoms with Crippen molar-refractivity contribution < 1.29 is 4.79 Å². The lowest BCUT2D eigenvalue weighted by molar-refractivity contribution is -0.121. The van der Waals surface area contributed by atoms with Gasteiger partial charge < -0.3 is 16.4 Å². The quantitative estimate of drug-likeness (QED) is 0.703. The van der Waals surface area contributed by atoms with E-state index in [9.17, 15) is 4.79 Å². The number of nitrogens with one attached hydrogen (secondary N) is 2. The molecule has 110 valence electrons. The maximum atomic E-state index is 12.0. The lowest BCUT2D eigenvalue weighted by Gasteiger charge is -2.20. The van der Waals surface area contributed by atoms with Gasteiger partial charge in [-0.15, -0.1) is 0 Å². The highest BCUT2D eigenvalue weighted by Gasteiger charge is 2.16. The van der Waals surface area contributed by atoms with Gasteiger partial charge in [-0.05, 0) is 31.4 Å². The van der Waals surface area contributed by atoms with E-state index in [-0.39, 0.29) is 11.9 Å². The molecule has 0 bridgehead atoms. The number of para-hydroxylation sites is 1. The predicted molar refractivity (Wildman–Crippen MR) is 88.0 cm³/mol. The number of carbonyl (C=O) groups is 1. The Balaban J connectivity index is 2.82. The van der Waals surface area contributed by atoms with Crippen molar-refractivity contribution in [2.45, 2.75) is 33.7 Å². The van der Waals surface area contributed by atoms with Gasteiger partial charge in [-0.2, -0.15) is 0 Å². The summed E-state index contributed by atoms with van der Waals surface area (Å²) in [6.07, 6.45) is 0. The molecule has 0 aliphatic carbocycles. The smallest absolute Gasteiger partial charge is 0.242 e. The Morgan fingerprint density at radius 2 is 2.00 bits per heavy atom. The third kappa shape index (κ3) is 4.49. The fourth-order valence-electron chi connectivity index (χ4n) is 1.80. The van der Waals surface area contributed by atoms with Crippen molar-refractivity contribution in [1.82, 2.24) is 5.32 Å². The molecule has 1 unspecified atom stereocenters. The standard InChI is InChI=1S/C15H23N3OS/c1-9(2)8-17-15(19)11(4)18-13-10(3)6-5-7-12(13)14(16)20/h5-7,9,11,18H,8H2,1-4H3,(H2,16,20)(H,17,19). The van der Waals surface area contributed by atoms with Crippen molar-refractivity contribution >= 4 is 28.8 Å². The molecule has 0 saturated heterocycles. The van der Waals surface area contributed by atoms with Crippen LogP contribution in [0.4, 0.5) is 5.69 Å². The molecule has 5 heteroatoms. The summed E-state index contributed by atoms with van der Waals surface area (Å²) in [7, 11) is 0. The van der Waals surface area contributed by atoms with Crippen molar-refractivity contribution in [3.05, 3.63) is 29.3 Å². The minimum Gasteiger partial charge on any atom is -0.389 e. The van der Waals surface area contributed by atoms with E-state index in [0.29, 0.717) is 17.5 Å². The van der Waals surface area contributed by atoms with Crippen LogP contribution < -0.4 is 16.4 Å². The number of amides is 1. The second-order valence-corrected chi connectivity index (χ2v) is 5.81. The van der Waals surface area contributed by atoms with Crippen molar-refractivity contribution in [2.75, 3.05) is 11.9 Å². The summed E-state index contributed by atoms with van der Waals surface area (Å²) >= 11 is 5.05. The Labute approximate surface area is 126 Å². The lowest BCUT2D eigenvalue weighted by Crippen LogP contribution is -2.39. The molecule has 0 spiro atoms. The van der Waals surface area contributed by atoms with Gasteiger partial charge in [-0.3, -0.25) is 4.79 Å². The molecule has 0 aliphatic rings. The van der Waals surface area contributed by atoms with Gasteiger partial charge in [0.15, 0.2) is 0 Å². The second-order valence-electron chi connectivity index (χ2n) is 5.37. The molecule has 0 aliphatic heterocycles. The maximum Gasteiger partial charge on any atom is 0.242 e. The first-order valence-corrected chi connectivity index (χ1v) is 7.17. The molecule has 1 atom stereocenters. The van der Waals surface area contributed by atoms with Crippen LogP contribution in [0.25, 0.3) is 0 Å². The van der Waals surface area contributed by atoms with E-state index in [0.717, 1.165) is 16.8 Å². The van der Waals surface area contributed by atoms with Crippen molar-refractivity contribution in [3.8, 4) is 0 Å². The van der Waals surface area contributed by atoms with Crippen LogP contribution in [0.15, 0.2) is 18.2 Å². The normalized spacial score (nSPS) is 12.1. The zero-order chi connectivity index (χ0) is 15.3. The molecule has 0 fully saturated rings. The highest BCUT2D eigenvalue weighted by Crippen LogP contribution is 2.21. The topological polar surface area (TPSA) is 67.1 Å². The highest BCUT2D eigenvalue weighted by atomic mass is 32.1. The van der Waals surface area contributed by atoms with E-state index in [1.807, 2.05) is 32.0 Å². The molecule has 0 aromatic heterocycles. The van der Waals surface area contributed by atoms with E-state index in [1.54, 1.807) is 0 Å². The van der Waals surface area contributed by atoms with Crippen LogP contribution in [0.1, 0.15) is 31.9 Å². The van der Waals surface area contributed by atoms with E-state index in [1.165, 1.54) is 0 Å². The molecular formula is C15H23N3OS. The van der Waals surface area contributed by atoms with E-state index >= 15 is 0 Å². The molecule has 4 N–H and O–H groups in total. The summed E-state index contributed by atoms with van der Waals surface area (Å²) in [5, 5.41) is 6.11. The van der Waals surface area contributed by atoms with Crippen LogP contribution in [0.3, 0.4) is 0 Å². The average Bonchev–Trinajstić information content (AvgIpc) is 2.37. The zero-order valence-electron chi connectivity index (χ0n) is 12.5. The first-order chi connectivity index (χ1) is 9.32. The Hall–Kier alpha value is -1.62. The van der Waals surface area contributed by atoms with E-state index in [2.05, 4.69) is 24.5 Å². The molecule has 4 nitrogen and oxygen atoms in total. The molecule has 0 saturated carbocycles. The lowest BCUT2D eigenvalue weighted by atomic mass is 10.1. The number of rotatable bonds is 6. The maximum absolute atomic E-state index is 12.0. The minimum atomic E-state index is -0.344. The minimum absolute atomic E-state index is 0.0316. The summed E-state index contributed by atoms with van der Waals surface area (Å²) in [6, 6.07) is 5.38. The van der Waals surface area contributed by atoms with Gasteiger partial charge in [0.1, 0.15) is 11.0 Å². The monoisotopic (exact) mass is 293 g/mol. The SMILES string of the molecule is Cc1cccc(C(N)=S)c1NC(C)C(=O)NCC(C)C. The first-order valence-electron chi connectivity index (χ1n) is 6.76. The van der Waals surface area contributed by atoms with Gasteiger partial charge in [0.05, 0.1) is 0 Å². The van der Waals surface area contributed by atoms with Crippen LogP contribution in [0.2, 0.25) is 0 Å². The van der Waals surface area contributed by atoms with Crippen LogP contribution >= 0.6 is 12.2 Å². The van der Waals surface area contributed by atoms with Crippen LogP contribution in [0.5, 0.6) is 0 Å². The van der Waals surface area contributed by atoms with Gasteiger partial charge in [-0.1, -0.05) is 38.2 Å². The molecule has 20 heavy (non-hydrogen) atoms. The number of nitrogens with two attached hydrogens (primary N) is 1. The number of hydrogen-bond donors (Lipinski definition) is 3. The molecular weight excluding hydrogens is 270 g/mol. The number of carbonyl (C=O) groups excluding carboxylic acids is 1. The molecule has 1 aromatic rings. The third-order valence-corrected chi connectivity index (χ3v) is 3.20. The van der Waals surface area contributed by atoms with Gasteiger partial charge in [0, 0.05) is 17.8 Å². The highest BCUT2D eigenvalue weighted by molar-refractivity contribution is 7.80. The van der Waals surface area contributed by atoms with Gasteiger partial charge in [-0.25, -0.2) is 0 Å². The fourth-order valence-corrected chi connectivity index (χ4v) is 1.97. The third-order valence-electron chi connectivity index (χ3n) is 2.98.